The monoisotopic (exact) mass is 340 g/mol. The van der Waals surface area contributed by atoms with E-state index in [0.29, 0.717) is 23.2 Å². The first kappa shape index (κ1) is 15.8. The molecule has 2 N–H and O–H groups in total. The van der Waals surface area contributed by atoms with Crippen LogP contribution in [0.25, 0.3) is 11.0 Å². The van der Waals surface area contributed by atoms with Crippen LogP contribution in [0.2, 0.25) is 0 Å². The Morgan fingerprint density at radius 3 is 2.96 bits per heavy atom. The van der Waals surface area contributed by atoms with E-state index in [4.69, 9.17) is 5.73 Å². The maximum Gasteiger partial charge on any atom is 0.229 e. The van der Waals surface area contributed by atoms with E-state index < -0.39 is 0 Å². The molecule has 2 aromatic heterocycles. The largest absolute Gasteiger partial charge is 0.383 e. The number of nitrogens with zero attached hydrogens (tertiary/aromatic N) is 5. The highest BCUT2D eigenvalue weighted by atomic mass is 19.1. The number of nitrogen functional groups attached to an aromatic ring is 1. The van der Waals surface area contributed by atoms with Crippen molar-refractivity contribution in [1.29, 1.82) is 0 Å². The van der Waals surface area contributed by atoms with Crippen molar-refractivity contribution in [3.8, 4) is 0 Å². The molecule has 1 atom stereocenters. The van der Waals surface area contributed by atoms with Gasteiger partial charge >= 0.3 is 0 Å². The molecule has 1 aliphatic heterocycles. The molecule has 0 aliphatic carbocycles. The summed E-state index contributed by atoms with van der Waals surface area (Å²) >= 11 is 0. The minimum absolute atomic E-state index is 0.134. The lowest BCUT2D eigenvalue weighted by atomic mass is 9.98. The van der Waals surface area contributed by atoms with Crippen LogP contribution in [0.5, 0.6) is 0 Å². The molecule has 3 heterocycles. The van der Waals surface area contributed by atoms with Gasteiger partial charge in [-0.2, -0.15) is 15.1 Å². The number of hydrogen-bond donors (Lipinski definition) is 1. The van der Waals surface area contributed by atoms with E-state index in [1.54, 1.807) is 23.9 Å². The van der Waals surface area contributed by atoms with E-state index in [2.05, 4.69) is 20.0 Å². The lowest BCUT2D eigenvalue weighted by Crippen LogP contribution is -2.23. The van der Waals surface area contributed by atoms with E-state index in [1.807, 2.05) is 19.2 Å². The van der Waals surface area contributed by atoms with Gasteiger partial charge in [-0.3, -0.25) is 4.68 Å². The maximum atomic E-state index is 13.7. The lowest BCUT2D eigenvalue weighted by molar-refractivity contribution is 0.576. The zero-order valence-corrected chi connectivity index (χ0v) is 14.4. The van der Waals surface area contributed by atoms with Gasteiger partial charge in [0.05, 0.1) is 11.6 Å². The van der Waals surface area contributed by atoms with Gasteiger partial charge in [-0.25, -0.2) is 4.39 Å². The van der Waals surface area contributed by atoms with Gasteiger partial charge in [-0.1, -0.05) is 12.1 Å². The summed E-state index contributed by atoms with van der Waals surface area (Å²) in [5.41, 5.74) is 8.52. The Bertz CT molecular complexity index is 935. The molecule has 3 aromatic rings. The fourth-order valence-corrected chi connectivity index (χ4v) is 3.45. The van der Waals surface area contributed by atoms with Gasteiger partial charge in [-0.15, -0.1) is 0 Å². The number of aryl methyl sites for hydroxylation is 2. The number of rotatable bonds is 3. The second kappa shape index (κ2) is 5.98. The first-order chi connectivity index (χ1) is 12.0. The Morgan fingerprint density at radius 1 is 1.32 bits per heavy atom. The third kappa shape index (κ3) is 2.90. The molecular formula is C18H21FN6. The van der Waals surface area contributed by atoms with E-state index in [-0.39, 0.29) is 5.82 Å². The van der Waals surface area contributed by atoms with Gasteiger partial charge in [0.2, 0.25) is 5.95 Å². The molecule has 1 aromatic carbocycles. The Kier molecular flexibility index (Phi) is 3.78. The molecule has 1 aliphatic rings. The Morgan fingerprint density at radius 2 is 2.16 bits per heavy atom. The second-order valence-corrected chi connectivity index (χ2v) is 6.80. The first-order valence-corrected chi connectivity index (χ1v) is 8.46. The molecule has 1 saturated heterocycles. The molecule has 0 saturated carbocycles. The lowest BCUT2D eigenvalue weighted by Gasteiger charge is -2.17. The predicted octanol–water partition coefficient (Wildman–Crippen LogP) is 2.46. The average molecular weight is 340 g/mol. The molecule has 4 rings (SSSR count). The van der Waals surface area contributed by atoms with Crippen LogP contribution in [0.15, 0.2) is 24.4 Å². The molecule has 1 unspecified atom stereocenters. The smallest absolute Gasteiger partial charge is 0.229 e. The minimum Gasteiger partial charge on any atom is -0.383 e. The molecule has 6 nitrogen and oxygen atoms in total. The van der Waals surface area contributed by atoms with Crippen LogP contribution in [0.4, 0.5) is 16.2 Å². The van der Waals surface area contributed by atoms with E-state index in [9.17, 15) is 4.39 Å². The van der Waals surface area contributed by atoms with Gasteiger partial charge in [-0.05, 0) is 42.9 Å². The van der Waals surface area contributed by atoms with Gasteiger partial charge in [0.15, 0.2) is 5.65 Å². The number of benzene rings is 1. The SMILES string of the molecule is Cc1ccc(CC2CCN(c3nc(N)c4cnn(C)c4n3)C2)cc1F. The summed E-state index contributed by atoms with van der Waals surface area (Å²) in [5.74, 6) is 1.42. The van der Waals surface area contributed by atoms with Crippen LogP contribution < -0.4 is 10.6 Å². The van der Waals surface area contributed by atoms with Crippen LogP contribution in [-0.4, -0.2) is 32.8 Å². The van der Waals surface area contributed by atoms with Gasteiger partial charge < -0.3 is 10.6 Å². The van der Waals surface area contributed by atoms with E-state index in [0.717, 1.165) is 42.5 Å². The number of halogens is 1. The maximum absolute atomic E-state index is 13.7. The number of aromatic nitrogens is 4. The Balaban J connectivity index is 1.52. The molecule has 130 valence electrons. The quantitative estimate of drug-likeness (QED) is 0.793. The Labute approximate surface area is 145 Å². The summed E-state index contributed by atoms with van der Waals surface area (Å²) in [6.07, 6.45) is 3.58. The van der Waals surface area contributed by atoms with Crippen LogP contribution in [0.1, 0.15) is 17.5 Å². The van der Waals surface area contributed by atoms with Gasteiger partial charge in [0, 0.05) is 20.1 Å². The highest BCUT2D eigenvalue weighted by molar-refractivity contribution is 5.86. The van der Waals surface area contributed by atoms with Crippen LogP contribution in [0, 0.1) is 18.7 Å². The zero-order chi connectivity index (χ0) is 17.6. The number of anilines is 2. The van der Waals surface area contributed by atoms with Gasteiger partial charge in [0.1, 0.15) is 11.6 Å². The molecule has 1 fully saturated rings. The molecule has 0 radical (unpaired) electrons. The topological polar surface area (TPSA) is 72.9 Å². The fraction of sp³-hybridized carbons (Fsp3) is 0.389. The van der Waals surface area contributed by atoms with Crippen molar-refractivity contribution in [2.45, 2.75) is 19.8 Å². The van der Waals surface area contributed by atoms with Gasteiger partial charge in [0.25, 0.3) is 0 Å². The fourth-order valence-electron chi connectivity index (χ4n) is 3.45. The summed E-state index contributed by atoms with van der Waals surface area (Å²) in [5, 5.41) is 4.97. The van der Waals surface area contributed by atoms with Crippen molar-refractivity contribution >= 4 is 22.8 Å². The van der Waals surface area contributed by atoms with E-state index in [1.165, 1.54) is 0 Å². The molecule has 0 bridgehead atoms. The third-order valence-electron chi connectivity index (χ3n) is 4.94. The van der Waals surface area contributed by atoms with Crippen molar-refractivity contribution in [3.63, 3.8) is 0 Å². The highest BCUT2D eigenvalue weighted by Gasteiger charge is 2.25. The zero-order valence-electron chi connectivity index (χ0n) is 14.4. The Hall–Kier alpha value is -2.70. The summed E-state index contributed by atoms with van der Waals surface area (Å²) in [7, 11) is 1.84. The normalized spacial score (nSPS) is 17.6. The molecule has 7 heteroatoms. The predicted molar refractivity (Wildman–Crippen MR) is 95.9 cm³/mol. The average Bonchev–Trinajstić information content (AvgIpc) is 3.19. The van der Waals surface area contributed by atoms with Crippen LogP contribution >= 0.6 is 0 Å². The summed E-state index contributed by atoms with van der Waals surface area (Å²) < 4.78 is 15.5. The highest BCUT2D eigenvalue weighted by Crippen LogP contribution is 2.27. The summed E-state index contributed by atoms with van der Waals surface area (Å²) in [6.45, 7) is 3.51. The number of nitrogens with two attached hydrogens (primary N) is 1. The van der Waals surface area contributed by atoms with Crippen LogP contribution in [-0.2, 0) is 13.5 Å². The van der Waals surface area contributed by atoms with Crippen molar-refractivity contribution in [2.75, 3.05) is 23.7 Å². The summed E-state index contributed by atoms with van der Waals surface area (Å²) in [4.78, 5) is 11.2. The standard InChI is InChI=1S/C18H21FN6/c1-11-3-4-12(8-15(11)19)7-13-5-6-25(10-13)18-22-16(20)14-9-21-24(2)17(14)23-18/h3-4,8-9,13H,5-7,10H2,1-2H3,(H2,20,22,23). The van der Waals surface area contributed by atoms with E-state index >= 15 is 0 Å². The van der Waals surface area contributed by atoms with Crippen molar-refractivity contribution in [3.05, 3.63) is 41.3 Å². The molecule has 0 amide bonds. The first-order valence-electron chi connectivity index (χ1n) is 8.46. The minimum atomic E-state index is -0.134. The molecular weight excluding hydrogens is 319 g/mol. The number of fused-ring (bicyclic) bond motifs is 1. The number of hydrogen-bond acceptors (Lipinski definition) is 5. The van der Waals surface area contributed by atoms with Crippen molar-refractivity contribution < 1.29 is 4.39 Å². The van der Waals surface area contributed by atoms with Crippen LogP contribution in [0.3, 0.4) is 0 Å². The third-order valence-corrected chi connectivity index (χ3v) is 4.94. The summed E-state index contributed by atoms with van der Waals surface area (Å²) in [6, 6.07) is 5.50. The molecule has 0 spiro atoms. The second-order valence-electron chi connectivity index (χ2n) is 6.80. The molecule has 25 heavy (non-hydrogen) atoms. The van der Waals surface area contributed by atoms with Crippen molar-refractivity contribution in [2.24, 2.45) is 13.0 Å². The van der Waals surface area contributed by atoms with Crippen molar-refractivity contribution in [1.82, 2.24) is 19.7 Å².